The van der Waals surface area contributed by atoms with Crippen LogP contribution in [0.15, 0.2) is 0 Å². The van der Waals surface area contributed by atoms with Gasteiger partial charge in [-0.1, -0.05) is 96.8 Å². The van der Waals surface area contributed by atoms with Gasteiger partial charge in [0.1, 0.15) is 0 Å². The van der Waals surface area contributed by atoms with Crippen LogP contribution in [0.1, 0.15) is 110 Å². The molecule has 0 aliphatic heterocycles. The molecule has 0 radical (unpaired) electrons. The molecular formula is C18H39AlMgO2. The molecule has 0 atom stereocenters. The van der Waals surface area contributed by atoms with Crippen molar-refractivity contribution in [1.29, 1.82) is 0 Å². The van der Waals surface area contributed by atoms with Gasteiger partial charge in [-0.05, 0) is 6.42 Å². The van der Waals surface area contributed by atoms with E-state index in [0.717, 1.165) is 6.42 Å². The molecule has 22 heavy (non-hydrogen) atoms. The zero-order valence-corrected chi connectivity index (χ0v) is 16.6. The highest BCUT2D eigenvalue weighted by Crippen LogP contribution is 2.13. The summed E-state index contributed by atoms with van der Waals surface area (Å²) < 4.78 is 4.77. The van der Waals surface area contributed by atoms with Crippen LogP contribution in [-0.2, 0) is 8.58 Å². The Balaban J connectivity index is 0. The molecule has 0 fully saturated rings. The fourth-order valence-corrected chi connectivity index (χ4v) is 2.95. The Bertz CT molecular complexity index is 225. The summed E-state index contributed by atoms with van der Waals surface area (Å²) in [5, 5.41) is 0. The average Bonchev–Trinajstić information content (AvgIpc) is 2.50. The predicted molar refractivity (Wildman–Crippen MR) is 103 cm³/mol. The molecule has 0 unspecified atom stereocenters. The predicted octanol–water partition coefficient (Wildman–Crippen LogP) is 4.42. The molecule has 0 aliphatic rings. The van der Waals surface area contributed by atoms with Gasteiger partial charge >= 0.3 is 39.7 Å². The molecule has 0 heterocycles. The summed E-state index contributed by atoms with van der Waals surface area (Å²) >= 11 is 0.544. The Labute approximate surface area is 163 Å². The largest absolute Gasteiger partial charge is 0.621 e. The minimum atomic E-state index is -0.00337. The van der Waals surface area contributed by atoms with E-state index < -0.39 is 0 Å². The second-order valence-electron chi connectivity index (χ2n) is 6.28. The summed E-state index contributed by atoms with van der Waals surface area (Å²) in [7, 11) is 0. The van der Waals surface area contributed by atoms with Crippen molar-refractivity contribution >= 4 is 45.6 Å². The van der Waals surface area contributed by atoms with Gasteiger partial charge in [-0.25, -0.2) is 0 Å². The highest BCUT2D eigenvalue weighted by Gasteiger charge is 1.98. The fourth-order valence-electron chi connectivity index (χ4n) is 2.74. The molecule has 0 amide bonds. The first-order valence-electron chi connectivity index (χ1n) is 9.38. The van der Waals surface area contributed by atoms with Crippen molar-refractivity contribution in [2.24, 2.45) is 0 Å². The van der Waals surface area contributed by atoms with Crippen LogP contribution in [0.2, 0.25) is 0 Å². The molecule has 0 aliphatic carbocycles. The van der Waals surface area contributed by atoms with Crippen molar-refractivity contribution in [2.45, 2.75) is 110 Å². The molecule has 0 aromatic heterocycles. The lowest BCUT2D eigenvalue weighted by atomic mass is 10.0. The number of hydrogen-bond acceptors (Lipinski definition) is 2. The summed E-state index contributed by atoms with van der Waals surface area (Å²) in [5.41, 5.74) is 0. The van der Waals surface area contributed by atoms with Crippen molar-refractivity contribution in [3.05, 3.63) is 0 Å². The molecule has 0 spiro atoms. The summed E-state index contributed by atoms with van der Waals surface area (Å²) in [6, 6.07) is 0. The van der Waals surface area contributed by atoms with Gasteiger partial charge in [0.2, 0.25) is 0 Å². The van der Waals surface area contributed by atoms with Crippen molar-refractivity contribution in [3.63, 3.8) is 0 Å². The summed E-state index contributed by atoms with van der Waals surface area (Å²) in [4.78, 5) is 11.0. The monoisotopic (exact) mass is 338 g/mol. The first-order chi connectivity index (χ1) is 10.3. The third kappa shape index (κ3) is 20.8. The van der Waals surface area contributed by atoms with Crippen LogP contribution in [0.5, 0.6) is 0 Å². The lowest BCUT2D eigenvalue weighted by molar-refractivity contribution is -0.134. The van der Waals surface area contributed by atoms with Crippen LogP contribution >= 0.6 is 0 Å². The van der Waals surface area contributed by atoms with Gasteiger partial charge < -0.3 is 3.79 Å². The Kier molecular flexibility index (Phi) is 24.8. The van der Waals surface area contributed by atoms with Crippen LogP contribution < -0.4 is 0 Å². The van der Waals surface area contributed by atoms with E-state index in [2.05, 4.69) is 6.92 Å². The fraction of sp³-hybridized carbons (Fsp3) is 0.944. The molecule has 0 saturated heterocycles. The summed E-state index contributed by atoms with van der Waals surface area (Å²) in [5.74, 6) is -0.00337. The lowest BCUT2D eigenvalue weighted by Gasteiger charge is -2.03. The maximum Gasteiger partial charge on any atom is 0.499 e. The maximum atomic E-state index is 11.0. The third-order valence-electron chi connectivity index (χ3n) is 4.21. The van der Waals surface area contributed by atoms with Gasteiger partial charge in [-0.2, -0.15) is 0 Å². The molecule has 0 aromatic carbocycles. The number of unbranched alkanes of at least 4 members (excludes halogenated alkanes) is 14. The first kappa shape index (κ1) is 25.0. The highest BCUT2D eigenvalue weighted by molar-refractivity contribution is 6.05. The van der Waals surface area contributed by atoms with E-state index in [-0.39, 0.29) is 29.0 Å². The maximum absolute atomic E-state index is 11.0. The Hall–Kier alpha value is 0.769. The Morgan fingerprint density at radius 3 is 1.32 bits per heavy atom. The van der Waals surface area contributed by atoms with Crippen molar-refractivity contribution in [2.75, 3.05) is 0 Å². The second kappa shape index (κ2) is 21.8. The zero-order chi connectivity index (χ0) is 15.6. The average molecular weight is 339 g/mol. The topological polar surface area (TPSA) is 26.3 Å². The van der Waals surface area contributed by atoms with Gasteiger partial charge in [-0.3, -0.25) is 4.79 Å². The Morgan fingerprint density at radius 2 is 1.00 bits per heavy atom. The van der Waals surface area contributed by atoms with Gasteiger partial charge in [0, 0.05) is 6.42 Å². The third-order valence-corrected chi connectivity index (χ3v) is 4.67. The van der Waals surface area contributed by atoms with E-state index in [1.807, 2.05) is 0 Å². The van der Waals surface area contributed by atoms with Gasteiger partial charge in [-0.15, -0.1) is 0 Å². The lowest BCUT2D eigenvalue weighted by Crippen LogP contribution is -2.00. The van der Waals surface area contributed by atoms with Crippen LogP contribution in [0, 0.1) is 0 Å². The molecule has 4 heteroatoms. The molecule has 2 nitrogen and oxygen atoms in total. The normalized spacial score (nSPS) is 10.2. The van der Waals surface area contributed by atoms with Crippen LogP contribution in [-0.4, -0.2) is 45.6 Å². The summed E-state index contributed by atoms with van der Waals surface area (Å²) in [6.45, 7) is 2.28. The standard InChI is InChI=1S/C18H36O2.Al.Mg.4H/c1-2-3-4-5-6-7-8-9-10-11-12-13-14-15-16-17-18(19)20;;;;;;/h2-17H2,1H3,(H,19,20);;;;;;/q;+1;;;;;/p-1. The first-order valence-corrected chi connectivity index (χ1v) is 10.2. The van der Waals surface area contributed by atoms with Crippen LogP contribution in [0.25, 0.3) is 0 Å². The van der Waals surface area contributed by atoms with Crippen LogP contribution in [0.4, 0.5) is 0 Å². The van der Waals surface area contributed by atoms with E-state index in [1.54, 1.807) is 0 Å². The van der Waals surface area contributed by atoms with Crippen molar-refractivity contribution < 1.29 is 8.58 Å². The molecule has 128 valence electrons. The SMILES string of the molecule is CCCCCCCCCCCCCCCCCC(=O)[O][AlH2].[MgH2]. The molecule has 0 bridgehead atoms. The zero-order valence-electron chi connectivity index (χ0n) is 14.6. The highest BCUT2D eigenvalue weighted by atomic mass is 27.1. The molecule has 0 N–H and O–H groups in total. The smallest absolute Gasteiger partial charge is 0.499 e. The quantitative estimate of drug-likeness (QED) is 0.307. The second-order valence-corrected chi connectivity index (χ2v) is 6.68. The van der Waals surface area contributed by atoms with Crippen molar-refractivity contribution in [3.8, 4) is 0 Å². The van der Waals surface area contributed by atoms with Gasteiger partial charge in [0.15, 0.2) is 0 Å². The van der Waals surface area contributed by atoms with Crippen LogP contribution in [0.3, 0.4) is 0 Å². The molecule has 0 saturated carbocycles. The van der Waals surface area contributed by atoms with E-state index in [0.29, 0.717) is 23.0 Å². The van der Waals surface area contributed by atoms with Gasteiger partial charge in [0.05, 0.1) is 0 Å². The molecule has 0 aromatic rings. The summed E-state index contributed by atoms with van der Waals surface area (Å²) in [6.07, 6.45) is 21.1. The van der Waals surface area contributed by atoms with Crippen molar-refractivity contribution in [1.82, 2.24) is 0 Å². The minimum absolute atomic E-state index is 0. The molecular weight excluding hydrogens is 299 g/mol. The van der Waals surface area contributed by atoms with E-state index in [4.69, 9.17) is 3.79 Å². The van der Waals surface area contributed by atoms with E-state index >= 15 is 0 Å². The number of rotatable bonds is 16. The number of hydrogen-bond donors (Lipinski definition) is 0. The Morgan fingerprint density at radius 1 is 0.682 bits per heavy atom. The number of carbonyl (C=O) groups is 1. The molecule has 0 rings (SSSR count). The van der Waals surface area contributed by atoms with E-state index in [9.17, 15) is 4.79 Å². The van der Waals surface area contributed by atoms with E-state index in [1.165, 1.54) is 89.9 Å². The van der Waals surface area contributed by atoms with Gasteiger partial charge in [0.25, 0.3) is 5.97 Å². The minimum Gasteiger partial charge on any atom is -0.621 e. The number of carbonyl (C=O) groups excluding carboxylic acids is 1.